The van der Waals surface area contributed by atoms with Crippen LogP contribution in [0.2, 0.25) is 0 Å². The third-order valence-corrected chi connectivity index (χ3v) is 5.02. The lowest BCUT2D eigenvalue weighted by molar-refractivity contribution is -0.128. The standard InChI is InChI=1S/C15H28N2O/c1-2-7-14(8-6-9-14)12-17-13(18)15(16)10-4-3-5-11-15/h2-12,16H2,1H3,(H,17,18). The number of rotatable bonds is 5. The average Bonchev–Trinajstić information content (AvgIpc) is 2.33. The van der Waals surface area contributed by atoms with Crippen molar-refractivity contribution in [2.75, 3.05) is 6.54 Å². The second-order valence-electron chi connectivity index (χ2n) is 6.50. The van der Waals surface area contributed by atoms with Gasteiger partial charge in [-0.3, -0.25) is 4.79 Å². The van der Waals surface area contributed by atoms with Crippen LogP contribution in [0.5, 0.6) is 0 Å². The highest BCUT2D eigenvalue weighted by Crippen LogP contribution is 2.44. The van der Waals surface area contributed by atoms with Crippen molar-refractivity contribution in [2.45, 2.75) is 76.7 Å². The second kappa shape index (κ2) is 5.60. The van der Waals surface area contributed by atoms with Crippen molar-refractivity contribution in [1.29, 1.82) is 0 Å². The summed E-state index contributed by atoms with van der Waals surface area (Å²) in [6, 6.07) is 0. The molecule has 2 fully saturated rings. The molecule has 3 heteroatoms. The van der Waals surface area contributed by atoms with E-state index in [1.165, 1.54) is 38.5 Å². The maximum Gasteiger partial charge on any atom is 0.240 e. The zero-order valence-corrected chi connectivity index (χ0v) is 11.8. The molecule has 0 saturated heterocycles. The molecule has 3 nitrogen and oxygen atoms in total. The van der Waals surface area contributed by atoms with Gasteiger partial charge in [0.15, 0.2) is 0 Å². The first-order valence-electron chi connectivity index (χ1n) is 7.67. The summed E-state index contributed by atoms with van der Waals surface area (Å²) in [5, 5.41) is 3.16. The fourth-order valence-corrected chi connectivity index (χ4v) is 3.58. The molecule has 18 heavy (non-hydrogen) atoms. The van der Waals surface area contributed by atoms with Crippen LogP contribution in [-0.2, 0) is 4.79 Å². The van der Waals surface area contributed by atoms with Crippen molar-refractivity contribution < 1.29 is 4.79 Å². The Morgan fingerprint density at radius 3 is 2.28 bits per heavy atom. The lowest BCUT2D eigenvalue weighted by atomic mass is 9.66. The van der Waals surface area contributed by atoms with Crippen LogP contribution in [0.3, 0.4) is 0 Å². The Labute approximate surface area is 111 Å². The van der Waals surface area contributed by atoms with E-state index in [0.717, 1.165) is 32.2 Å². The first kappa shape index (κ1) is 13.9. The summed E-state index contributed by atoms with van der Waals surface area (Å²) < 4.78 is 0. The molecular weight excluding hydrogens is 224 g/mol. The van der Waals surface area contributed by atoms with Gasteiger partial charge in [0.05, 0.1) is 5.54 Å². The third-order valence-electron chi connectivity index (χ3n) is 5.02. The number of carbonyl (C=O) groups excluding carboxylic acids is 1. The smallest absolute Gasteiger partial charge is 0.240 e. The molecule has 0 bridgehead atoms. The van der Waals surface area contributed by atoms with Crippen LogP contribution in [0.4, 0.5) is 0 Å². The van der Waals surface area contributed by atoms with Gasteiger partial charge >= 0.3 is 0 Å². The van der Waals surface area contributed by atoms with Gasteiger partial charge < -0.3 is 11.1 Å². The van der Waals surface area contributed by atoms with E-state index in [1.54, 1.807) is 0 Å². The second-order valence-corrected chi connectivity index (χ2v) is 6.50. The molecule has 2 saturated carbocycles. The van der Waals surface area contributed by atoms with Crippen LogP contribution in [0.15, 0.2) is 0 Å². The molecule has 0 heterocycles. The van der Waals surface area contributed by atoms with Crippen LogP contribution in [0, 0.1) is 5.41 Å². The Bertz CT molecular complexity index is 291. The van der Waals surface area contributed by atoms with Crippen LogP contribution < -0.4 is 11.1 Å². The molecule has 104 valence electrons. The third kappa shape index (κ3) is 2.87. The first-order chi connectivity index (χ1) is 8.60. The Kier molecular flexibility index (Phi) is 4.31. The van der Waals surface area contributed by atoms with Crippen molar-refractivity contribution in [3.8, 4) is 0 Å². The van der Waals surface area contributed by atoms with E-state index >= 15 is 0 Å². The SMILES string of the molecule is CCCC1(CNC(=O)C2(N)CCCCC2)CCC1. The van der Waals surface area contributed by atoms with Gasteiger partial charge in [-0.1, -0.05) is 39.0 Å². The Hall–Kier alpha value is -0.570. The topological polar surface area (TPSA) is 55.1 Å². The summed E-state index contributed by atoms with van der Waals surface area (Å²) in [6.07, 6.45) is 11.5. The van der Waals surface area contributed by atoms with Gasteiger partial charge in [0.2, 0.25) is 5.91 Å². The molecule has 0 unspecified atom stereocenters. The number of amides is 1. The lowest BCUT2D eigenvalue weighted by Crippen LogP contribution is -2.57. The van der Waals surface area contributed by atoms with E-state index in [-0.39, 0.29) is 5.91 Å². The fraction of sp³-hybridized carbons (Fsp3) is 0.933. The van der Waals surface area contributed by atoms with E-state index in [0.29, 0.717) is 5.41 Å². The van der Waals surface area contributed by atoms with E-state index in [1.807, 2.05) is 0 Å². The molecule has 2 rings (SSSR count). The first-order valence-corrected chi connectivity index (χ1v) is 7.67. The van der Waals surface area contributed by atoms with Crippen molar-refractivity contribution in [3.05, 3.63) is 0 Å². The molecule has 2 aliphatic rings. The van der Waals surface area contributed by atoms with Gasteiger partial charge in [-0.15, -0.1) is 0 Å². The van der Waals surface area contributed by atoms with Crippen LogP contribution in [-0.4, -0.2) is 18.0 Å². The minimum atomic E-state index is -0.574. The zero-order valence-electron chi connectivity index (χ0n) is 11.8. The predicted octanol–water partition coefficient (Wildman–Crippen LogP) is 2.73. The van der Waals surface area contributed by atoms with Gasteiger partial charge in [0, 0.05) is 6.54 Å². The van der Waals surface area contributed by atoms with Crippen LogP contribution in [0.25, 0.3) is 0 Å². The Morgan fingerprint density at radius 2 is 1.78 bits per heavy atom. The quantitative estimate of drug-likeness (QED) is 0.790. The van der Waals surface area contributed by atoms with Gasteiger partial charge in [0.1, 0.15) is 0 Å². The summed E-state index contributed by atoms with van der Waals surface area (Å²) in [5.41, 5.74) is 6.08. The minimum Gasteiger partial charge on any atom is -0.354 e. The number of carbonyl (C=O) groups is 1. The largest absolute Gasteiger partial charge is 0.354 e. The maximum atomic E-state index is 12.3. The number of nitrogens with one attached hydrogen (secondary N) is 1. The van der Waals surface area contributed by atoms with E-state index in [9.17, 15) is 4.79 Å². The molecule has 0 aromatic carbocycles. The molecular formula is C15H28N2O. The predicted molar refractivity (Wildman–Crippen MR) is 74.2 cm³/mol. The van der Waals surface area contributed by atoms with Crippen molar-refractivity contribution in [2.24, 2.45) is 11.1 Å². The monoisotopic (exact) mass is 252 g/mol. The Morgan fingerprint density at radius 1 is 1.11 bits per heavy atom. The summed E-state index contributed by atoms with van der Waals surface area (Å²) in [6.45, 7) is 3.08. The number of hydrogen-bond donors (Lipinski definition) is 2. The molecule has 3 N–H and O–H groups in total. The Balaban J connectivity index is 1.83. The van der Waals surface area contributed by atoms with Gasteiger partial charge in [-0.05, 0) is 37.5 Å². The van der Waals surface area contributed by atoms with E-state index in [4.69, 9.17) is 5.73 Å². The molecule has 0 aliphatic heterocycles. The molecule has 0 aromatic rings. The summed E-state index contributed by atoms with van der Waals surface area (Å²) in [7, 11) is 0. The minimum absolute atomic E-state index is 0.101. The number of hydrogen-bond acceptors (Lipinski definition) is 2. The van der Waals surface area contributed by atoms with Gasteiger partial charge in [-0.25, -0.2) is 0 Å². The highest BCUT2D eigenvalue weighted by atomic mass is 16.2. The van der Waals surface area contributed by atoms with Crippen molar-refractivity contribution in [1.82, 2.24) is 5.32 Å². The molecule has 0 spiro atoms. The van der Waals surface area contributed by atoms with Crippen LogP contribution >= 0.6 is 0 Å². The maximum absolute atomic E-state index is 12.3. The molecule has 0 radical (unpaired) electrons. The van der Waals surface area contributed by atoms with E-state index in [2.05, 4.69) is 12.2 Å². The van der Waals surface area contributed by atoms with Gasteiger partial charge in [-0.2, -0.15) is 0 Å². The summed E-state index contributed by atoms with van der Waals surface area (Å²) in [5.74, 6) is 0.101. The van der Waals surface area contributed by atoms with Crippen molar-refractivity contribution in [3.63, 3.8) is 0 Å². The zero-order chi connectivity index (χ0) is 13.1. The number of nitrogens with two attached hydrogens (primary N) is 1. The normalized spacial score (nSPS) is 25.2. The highest BCUT2D eigenvalue weighted by molar-refractivity contribution is 5.86. The molecule has 0 aromatic heterocycles. The summed E-state index contributed by atoms with van der Waals surface area (Å²) >= 11 is 0. The summed E-state index contributed by atoms with van der Waals surface area (Å²) in [4.78, 5) is 12.3. The average molecular weight is 252 g/mol. The lowest BCUT2D eigenvalue weighted by Gasteiger charge is -2.43. The van der Waals surface area contributed by atoms with Crippen LogP contribution in [0.1, 0.15) is 71.1 Å². The fourth-order valence-electron chi connectivity index (χ4n) is 3.58. The molecule has 0 atom stereocenters. The van der Waals surface area contributed by atoms with E-state index < -0.39 is 5.54 Å². The van der Waals surface area contributed by atoms with Crippen molar-refractivity contribution >= 4 is 5.91 Å². The molecule has 2 aliphatic carbocycles. The molecule has 1 amide bonds. The highest BCUT2D eigenvalue weighted by Gasteiger charge is 2.39. The van der Waals surface area contributed by atoms with Gasteiger partial charge in [0.25, 0.3) is 0 Å².